The Morgan fingerprint density at radius 3 is 2.68 bits per heavy atom. The Bertz CT molecular complexity index is 637. The molecule has 0 amide bonds. The Morgan fingerprint density at radius 2 is 2.16 bits per heavy atom. The van der Waals surface area contributed by atoms with E-state index in [-0.39, 0.29) is 28.8 Å². The molecule has 0 aliphatic carbocycles. The van der Waals surface area contributed by atoms with Crippen LogP contribution in [0.4, 0.5) is 4.39 Å². The minimum absolute atomic E-state index is 0.0434. The lowest BCUT2D eigenvalue weighted by Crippen LogP contribution is -2.01. The van der Waals surface area contributed by atoms with E-state index in [4.69, 9.17) is 21.1 Å². The molecule has 0 unspecified atom stereocenters. The van der Waals surface area contributed by atoms with Gasteiger partial charge in [0.25, 0.3) is 0 Å². The van der Waals surface area contributed by atoms with Crippen LogP contribution in [0.25, 0.3) is 11.5 Å². The lowest BCUT2D eigenvalue weighted by atomic mass is 10.1. The standard InChI is InChI=1S/C13H11ClFNO3/c1-6(2)10-11(13(17)18)19-12(16-10)8-5-7(14)3-4-9(8)15/h3-6H,1-2H3,(H,17,18). The number of nitrogens with zero attached hydrogens (tertiary/aromatic N) is 1. The SMILES string of the molecule is CC(C)c1nc(-c2cc(Cl)ccc2F)oc1C(=O)O. The van der Waals surface area contributed by atoms with Crippen LogP contribution in [0.1, 0.15) is 36.0 Å². The Morgan fingerprint density at radius 1 is 1.47 bits per heavy atom. The summed E-state index contributed by atoms with van der Waals surface area (Å²) in [5.41, 5.74) is 0.323. The zero-order valence-electron chi connectivity index (χ0n) is 10.3. The molecule has 1 aromatic carbocycles. The number of oxazole rings is 1. The number of hydrogen-bond acceptors (Lipinski definition) is 3. The Hall–Kier alpha value is -1.88. The Kier molecular flexibility index (Phi) is 3.57. The van der Waals surface area contributed by atoms with E-state index in [1.165, 1.54) is 18.2 Å². The van der Waals surface area contributed by atoms with Crippen LogP contribution < -0.4 is 0 Å². The first-order valence-electron chi connectivity index (χ1n) is 5.59. The third-order valence-electron chi connectivity index (χ3n) is 2.55. The molecule has 0 radical (unpaired) electrons. The highest BCUT2D eigenvalue weighted by Gasteiger charge is 2.23. The van der Waals surface area contributed by atoms with Gasteiger partial charge in [0.15, 0.2) is 0 Å². The number of benzene rings is 1. The summed E-state index contributed by atoms with van der Waals surface area (Å²) in [7, 11) is 0. The molecule has 6 heteroatoms. The van der Waals surface area contributed by atoms with Gasteiger partial charge >= 0.3 is 5.97 Å². The van der Waals surface area contributed by atoms with E-state index in [9.17, 15) is 9.18 Å². The fourth-order valence-electron chi connectivity index (χ4n) is 1.65. The third kappa shape index (κ3) is 2.61. The van der Waals surface area contributed by atoms with Gasteiger partial charge in [-0.1, -0.05) is 25.4 Å². The van der Waals surface area contributed by atoms with E-state index in [1.54, 1.807) is 13.8 Å². The van der Waals surface area contributed by atoms with Gasteiger partial charge in [-0.2, -0.15) is 0 Å². The van der Waals surface area contributed by atoms with E-state index in [0.29, 0.717) is 5.02 Å². The number of aromatic nitrogens is 1. The number of carboxylic acids is 1. The van der Waals surface area contributed by atoms with Crippen molar-refractivity contribution in [2.45, 2.75) is 19.8 Å². The first-order chi connectivity index (χ1) is 8.90. The smallest absolute Gasteiger partial charge is 0.373 e. The van der Waals surface area contributed by atoms with Crippen molar-refractivity contribution in [3.8, 4) is 11.5 Å². The number of carbonyl (C=O) groups is 1. The molecule has 0 saturated carbocycles. The molecule has 0 spiro atoms. The molecule has 0 fully saturated rings. The molecule has 4 nitrogen and oxygen atoms in total. The van der Waals surface area contributed by atoms with Gasteiger partial charge in [0, 0.05) is 5.02 Å². The van der Waals surface area contributed by atoms with Crippen LogP contribution >= 0.6 is 11.6 Å². The summed E-state index contributed by atoms with van der Waals surface area (Å²) in [6, 6.07) is 3.92. The number of hydrogen-bond donors (Lipinski definition) is 1. The van der Waals surface area contributed by atoms with Gasteiger partial charge in [0.05, 0.1) is 11.3 Å². The first-order valence-corrected chi connectivity index (χ1v) is 5.97. The largest absolute Gasteiger partial charge is 0.475 e. The summed E-state index contributed by atoms with van der Waals surface area (Å²) in [4.78, 5) is 15.1. The van der Waals surface area contributed by atoms with E-state index in [2.05, 4.69) is 4.98 Å². The van der Waals surface area contributed by atoms with Crippen LogP contribution in [0.2, 0.25) is 5.02 Å². The normalized spacial score (nSPS) is 11.0. The van der Waals surface area contributed by atoms with Gasteiger partial charge in [0.1, 0.15) is 5.82 Å². The Labute approximate surface area is 113 Å². The molecule has 19 heavy (non-hydrogen) atoms. The maximum absolute atomic E-state index is 13.7. The molecule has 1 aromatic heterocycles. The first kappa shape index (κ1) is 13.5. The predicted molar refractivity (Wildman–Crippen MR) is 68.0 cm³/mol. The van der Waals surface area contributed by atoms with Crippen molar-refractivity contribution in [2.24, 2.45) is 0 Å². The van der Waals surface area contributed by atoms with Crippen molar-refractivity contribution >= 4 is 17.6 Å². The van der Waals surface area contributed by atoms with E-state index in [1.807, 2.05) is 0 Å². The van der Waals surface area contributed by atoms with Gasteiger partial charge in [-0.05, 0) is 24.1 Å². The van der Waals surface area contributed by atoms with Crippen molar-refractivity contribution in [3.05, 3.63) is 40.5 Å². The number of carboxylic acid groups (broad SMARTS) is 1. The second kappa shape index (κ2) is 5.01. The molecular weight excluding hydrogens is 273 g/mol. The van der Waals surface area contributed by atoms with Crippen LogP contribution in [-0.2, 0) is 0 Å². The average molecular weight is 284 g/mol. The van der Waals surface area contributed by atoms with Gasteiger partial charge < -0.3 is 9.52 Å². The number of halogens is 2. The van der Waals surface area contributed by atoms with Crippen LogP contribution in [0.5, 0.6) is 0 Å². The summed E-state index contributed by atoms with van der Waals surface area (Å²) in [6.45, 7) is 3.56. The topological polar surface area (TPSA) is 63.3 Å². The lowest BCUT2D eigenvalue weighted by Gasteiger charge is -1.99. The van der Waals surface area contributed by atoms with Crippen LogP contribution in [0.15, 0.2) is 22.6 Å². The predicted octanol–water partition coefficient (Wildman–Crippen LogP) is 3.96. The third-order valence-corrected chi connectivity index (χ3v) is 2.79. The molecule has 0 bridgehead atoms. The highest BCUT2D eigenvalue weighted by Crippen LogP contribution is 2.29. The maximum Gasteiger partial charge on any atom is 0.373 e. The minimum Gasteiger partial charge on any atom is -0.475 e. The molecule has 0 aliphatic heterocycles. The molecule has 0 atom stereocenters. The lowest BCUT2D eigenvalue weighted by molar-refractivity contribution is 0.0661. The van der Waals surface area contributed by atoms with Gasteiger partial charge in [-0.3, -0.25) is 0 Å². The van der Waals surface area contributed by atoms with E-state index in [0.717, 1.165) is 0 Å². The fourth-order valence-corrected chi connectivity index (χ4v) is 1.83. The second-order valence-corrected chi connectivity index (χ2v) is 4.75. The van der Waals surface area contributed by atoms with Gasteiger partial charge in [-0.25, -0.2) is 14.2 Å². The molecular formula is C13H11ClFNO3. The van der Waals surface area contributed by atoms with Crippen LogP contribution in [-0.4, -0.2) is 16.1 Å². The molecule has 100 valence electrons. The number of rotatable bonds is 3. The van der Waals surface area contributed by atoms with Crippen molar-refractivity contribution in [3.63, 3.8) is 0 Å². The van der Waals surface area contributed by atoms with Gasteiger partial charge in [0.2, 0.25) is 11.7 Å². The highest BCUT2D eigenvalue weighted by atomic mass is 35.5. The quantitative estimate of drug-likeness (QED) is 0.926. The molecule has 1 N–H and O–H groups in total. The Balaban J connectivity index is 2.60. The summed E-state index contributed by atoms with van der Waals surface area (Å²) < 4.78 is 18.8. The maximum atomic E-state index is 13.7. The van der Waals surface area contributed by atoms with E-state index < -0.39 is 11.8 Å². The second-order valence-electron chi connectivity index (χ2n) is 4.32. The fraction of sp³-hybridized carbons (Fsp3) is 0.231. The van der Waals surface area contributed by atoms with Crippen LogP contribution in [0, 0.1) is 5.82 Å². The van der Waals surface area contributed by atoms with Crippen molar-refractivity contribution in [2.75, 3.05) is 0 Å². The summed E-state index contributed by atoms with van der Waals surface area (Å²) >= 11 is 5.79. The van der Waals surface area contributed by atoms with Crippen LogP contribution in [0.3, 0.4) is 0 Å². The molecule has 2 rings (SSSR count). The minimum atomic E-state index is -1.23. The van der Waals surface area contributed by atoms with Gasteiger partial charge in [-0.15, -0.1) is 0 Å². The highest BCUT2D eigenvalue weighted by molar-refractivity contribution is 6.30. The molecule has 0 aliphatic rings. The summed E-state index contributed by atoms with van der Waals surface area (Å²) in [5.74, 6) is -2.31. The number of aromatic carboxylic acids is 1. The summed E-state index contributed by atoms with van der Waals surface area (Å²) in [6.07, 6.45) is 0. The zero-order chi connectivity index (χ0) is 14.2. The van der Waals surface area contributed by atoms with Crippen molar-refractivity contribution in [1.82, 2.24) is 4.98 Å². The van der Waals surface area contributed by atoms with Crippen molar-refractivity contribution < 1.29 is 18.7 Å². The van der Waals surface area contributed by atoms with Crippen molar-refractivity contribution in [1.29, 1.82) is 0 Å². The zero-order valence-corrected chi connectivity index (χ0v) is 11.0. The molecule has 1 heterocycles. The monoisotopic (exact) mass is 283 g/mol. The molecule has 2 aromatic rings. The summed E-state index contributed by atoms with van der Waals surface area (Å²) in [5, 5.41) is 9.36. The van der Waals surface area contributed by atoms with E-state index >= 15 is 0 Å². The molecule has 0 saturated heterocycles. The average Bonchev–Trinajstić information content (AvgIpc) is 2.77.